The maximum atomic E-state index is 12.3. The van der Waals surface area contributed by atoms with Crippen LogP contribution in [0, 0.1) is 0 Å². The van der Waals surface area contributed by atoms with E-state index in [0.717, 1.165) is 5.56 Å². The summed E-state index contributed by atoms with van der Waals surface area (Å²) in [5.74, 6) is 0.757. The fourth-order valence-electron chi connectivity index (χ4n) is 2.85. The standard InChI is InChI=1S/C23H18N4O3/c1-15(28)16-10-12-19(13-11-16)24-23(29)25-20-9-5-8-18(14-20)22-27-26-21(30-22)17-6-3-2-4-7-17/h2-14H,1H3,(H2,24,25,29). The lowest BCUT2D eigenvalue weighted by Crippen LogP contribution is -2.19. The molecule has 2 amide bonds. The number of nitrogens with zero attached hydrogens (tertiary/aromatic N) is 2. The Morgan fingerprint density at radius 3 is 2.07 bits per heavy atom. The van der Waals surface area contributed by atoms with Crippen LogP contribution in [0.1, 0.15) is 17.3 Å². The van der Waals surface area contributed by atoms with Crippen LogP contribution in [0.25, 0.3) is 22.9 Å². The molecule has 4 aromatic rings. The summed E-state index contributed by atoms with van der Waals surface area (Å²) in [7, 11) is 0. The normalized spacial score (nSPS) is 10.4. The van der Waals surface area contributed by atoms with Crippen molar-refractivity contribution >= 4 is 23.2 Å². The zero-order valence-electron chi connectivity index (χ0n) is 16.1. The zero-order chi connectivity index (χ0) is 20.9. The summed E-state index contributed by atoms with van der Waals surface area (Å²) in [6, 6.07) is 22.9. The summed E-state index contributed by atoms with van der Waals surface area (Å²) >= 11 is 0. The molecule has 0 radical (unpaired) electrons. The quantitative estimate of drug-likeness (QED) is 0.448. The van der Waals surface area contributed by atoms with Gasteiger partial charge >= 0.3 is 6.03 Å². The van der Waals surface area contributed by atoms with Crippen molar-refractivity contribution in [2.45, 2.75) is 6.92 Å². The van der Waals surface area contributed by atoms with Crippen LogP contribution >= 0.6 is 0 Å². The van der Waals surface area contributed by atoms with Crippen molar-refractivity contribution in [3.05, 3.63) is 84.4 Å². The van der Waals surface area contributed by atoms with Crippen molar-refractivity contribution < 1.29 is 14.0 Å². The highest BCUT2D eigenvalue weighted by molar-refractivity contribution is 6.00. The average molecular weight is 398 g/mol. The van der Waals surface area contributed by atoms with Crippen molar-refractivity contribution in [2.24, 2.45) is 0 Å². The lowest BCUT2D eigenvalue weighted by Gasteiger charge is -2.08. The van der Waals surface area contributed by atoms with Gasteiger partial charge in [-0.05, 0) is 61.5 Å². The van der Waals surface area contributed by atoms with Crippen LogP contribution < -0.4 is 10.6 Å². The first-order valence-electron chi connectivity index (χ1n) is 9.27. The predicted octanol–water partition coefficient (Wildman–Crippen LogP) is 5.25. The third-order valence-corrected chi connectivity index (χ3v) is 4.36. The number of Topliss-reactive ketones (excluding diaryl/α,β-unsaturated/α-hetero) is 1. The Labute approximate surface area is 172 Å². The van der Waals surface area contributed by atoms with E-state index in [9.17, 15) is 9.59 Å². The molecule has 0 bridgehead atoms. The highest BCUT2D eigenvalue weighted by atomic mass is 16.4. The summed E-state index contributed by atoms with van der Waals surface area (Å²) in [6.45, 7) is 1.49. The summed E-state index contributed by atoms with van der Waals surface area (Å²) in [4.78, 5) is 23.6. The van der Waals surface area contributed by atoms with Crippen LogP contribution in [0.4, 0.5) is 16.2 Å². The van der Waals surface area contributed by atoms with E-state index in [2.05, 4.69) is 20.8 Å². The molecular formula is C23H18N4O3. The van der Waals surface area contributed by atoms with Crippen molar-refractivity contribution in [3.63, 3.8) is 0 Å². The lowest BCUT2D eigenvalue weighted by molar-refractivity contribution is 0.101. The van der Waals surface area contributed by atoms with E-state index in [0.29, 0.717) is 34.3 Å². The molecule has 0 fully saturated rings. The minimum atomic E-state index is -0.404. The minimum Gasteiger partial charge on any atom is -0.416 e. The maximum absolute atomic E-state index is 12.3. The largest absolute Gasteiger partial charge is 0.416 e. The number of hydrogen-bond donors (Lipinski definition) is 2. The average Bonchev–Trinajstić information content (AvgIpc) is 3.25. The lowest BCUT2D eigenvalue weighted by atomic mass is 10.1. The minimum absolute atomic E-state index is 0.0285. The molecule has 1 aromatic heterocycles. The second-order valence-corrected chi connectivity index (χ2v) is 6.57. The van der Waals surface area contributed by atoms with Gasteiger partial charge in [-0.2, -0.15) is 0 Å². The van der Waals surface area contributed by atoms with E-state index in [1.807, 2.05) is 36.4 Å². The molecular weight excluding hydrogens is 380 g/mol. The predicted molar refractivity (Wildman–Crippen MR) is 114 cm³/mol. The van der Waals surface area contributed by atoms with Gasteiger partial charge < -0.3 is 15.1 Å². The Bertz CT molecular complexity index is 1180. The number of aromatic nitrogens is 2. The smallest absolute Gasteiger partial charge is 0.323 e. The molecule has 30 heavy (non-hydrogen) atoms. The fourth-order valence-corrected chi connectivity index (χ4v) is 2.85. The Kier molecular flexibility index (Phi) is 5.34. The number of urea groups is 1. The van der Waals surface area contributed by atoms with Gasteiger partial charge in [0.05, 0.1) is 0 Å². The number of carbonyl (C=O) groups is 2. The van der Waals surface area contributed by atoms with Crippen molar-refractivity contribution in [3.8, 4) is 22.9 Å². The van der Waals surface area contributed by atoms with Crippen LogP contribution in [0.3, 0.4) is 0 Å². The molecule has 0 aliphatic carbocycles. The molecule has 148 valence electrons. The number of rotatable bonds is 5. The first kappa shape index (κ1) is 19.1. The van der Waals surface area contributed by atoms with E-state index >= 15 is 0 Å². The Hall–Kier alpha value is -4.26. The maximum Gasteiger partial charge on any atom is 0.323 e. The molecule has 0 atom stereocenters. The van der Waals surface area contributed by atoms with Crippen LogP contribution in [0.5, 0.6) is 0 Å². The second-order valence-electron chi connectivity index (χ2n) is 6.57. The van der Waals surface area contributed by atoms with Gasteiger partial charge in [-0.25, -0.2) is 4.79 Å². The number of ketones is 1. The number of hydrogen-bond acceptors (Lipinski definition) is 5. The SMILES string of the molecule is CC(=O)c1ccc(NC(=O)Nc2cccc(-c3nnc(-c4ccccc4)o3)c2)cc1. The van der Waals surface area contributed by atoms with Crippen LogP contribution in [0.2, 0.25) is 0 Å². The molecule has 7 nitrogen and oxygen atoms in total. The van der Waals surface area contributed by atoms with Gasteiger partial charge in [-0.1, -0.05) is 24.3 Å². The highest BCUT2D eigenvalue weighted by Crippen LogP contribution is 2.25. The molecule has 0 aliphatic rings. The summed E-state index contributed by atoms with van der Waals surface area (Å²) < 4.78 is 5.76. The molecule has 0 saturated heterocycles. The highest BCUT2D eigenvalue weighted by Gasteiger charge is 2.11. The van der Waals surface area contributed by atoms with Gasteiger partial charge in [-0.15, -0.1) is 10.2 Å². The Morgan fingerprint density at radius 2 is 1.37 bits per heavy atom. The van der Waals surface area contributed by atoms with Gasteiger partial charge in [0.15, 0.2) is 5.78 Å². The van der Waals surface area contributed by atoms with E-state index in [4.69, 9.17) is 4.42 Å². The molecule has 7 heteroatoms. The molecule has 2 N–H and O–H groups in total. The van der Waals surface area contributed by atoms with E-state index in [1.54, 1.807) is 42.5 Å². The molecule has 4 rings (SSSR count). The Morgan fingerprint density at radius 1 is 0.733 bits per heavy atom. The van der Waals surface area contributed by atoms with Gasteiger partial charge in [0.1, 0.15) is 0 Å². The van der Waals surface area contributed by atoms with Crippen molar-refractivity contribution in [1.82, 2.24) is 10.2 Å². The third kappa shape index (κ3) is 4.41. The van der Waals surface area contributed by atoms with Gasteiger partial charge in [0, 0.05) is 28.1 Å². The first-order chi connectivity index (χ1) is 14.6. The number of benzene rings is 3. The van der Waals surface area contributed by atoms with Crippen LogP contribution in [-0.4, -0.2) is 22.0 Å². The molecule has 0 unspecified atom stereocenters. The number of anilines is 2. The fraction of sp³-hybridized carbons (Fsp3) is 0.0435. The molecule has 0 spiro atoms. The van der Waals surface area contributed by atoms with Crippen LogP contribution in [0.15, 0.2) is 83.3 Å². The number of carbonyl (C=O) groups excluding carboxylic acids is 2. The van der Waals surface area contributed by atoms with Gasteiger partial charge in [0.2, 0.25) is 11.8 Å². The summed E-state index contributed by atoms with van der Waals surface area (Å²) in [6.07, 6.45) is 0. The first-order valence-corrected chi connectivity index (χ1v) is 9.27. The van der Waals surface area contributed by atoms with E-state index in [-0.39, 0.29) is 5.78 Å². The molecule has 0 aliphatic heterocycles. The molecule has 1 heterocycles. The number of nitrogens with one attached hydrogen (secondary N) is 2. The molecule has 0 saturated carbocycles. The number of amides is 2. The molecule has 3 aromatic carbocycles. The Balaban J connectivity index is 1.45. The topological polar surface area (TPSA) is 97.1 Å². The van der Waals surface area contributed by atoms with Gasteiger partial charge in [0.25, 0.3) is 0 Å². The second kappa shape index (κ2) is 8.40. The van der Waals surface area contributed by atoms with E-state index in [1.165, 1.54) is 6.92 Å². The van der Waals surface area contributed by atoms with Crippen molar-refractivity contribution in [1.29, 1.82) is 0 Å². The van der Waals surface area contributed by atoms with Crippen LogP contribution in [-0.2, 0) is 0 Å². The van der Waals surface area contributed by atoms with Crippen molar-refractivity contribution in [2.75, 3.05) is 10.6 Å². The zero-order valence-corrected chi connectivity index (χ0v) is 16.1. The summed E-state index contributed by atoms with van der Waals surface area (Å²) in [5, 5.41) is 13.7. The van der Waals surface area contributed by atoms with E-state index < -0.39 is 6.03 Å². The monoisotopic (exact) mass is 398 g/mol. The van der Waals surface area contributed by atoms with Gasteiger partial charge in [-0.3, -0.25) is 4.79 Å². The third-order valence-electron chi connectivity index (χ3n) is 4.36. The summed E-state index contributed by atoms with van der Waals surface area (Å²) in [5.41, 5.74) is 3.26.